The molecular formula is C19H22N2O4. The average Bonchev–Trinajstić information content (AvgIpc) is 2.56. The number of aryl methyl sites for hydroxylation is 1. The number of carbonyl (C=O) groups excluding carboxylic acids is 1. The molecule has 1 amide bonds. The Morgan fingerprint density at radius 2 is 1.88 bits per heavy atom. The molecule has 0 radical (unpaired) electrons. The highest BCUT2D eigenvalue weighted by Gasteiger charge is 2.16. The smallest absolute Gasteiger partial charge is 0.293 e. The number of hydrogen-bond acceptors (Lipinski definition) is 4. The topological polar surface area (TPSA) is 81.5 Å². The van der Waals surface area contributed by atoms with E-state index < -0.39 is 10.8 Å². The van der Waals surface area contributed by atoms with Gasteiger partial charge in [-0.05, 0) is 55.2 Å². The molecule has 0 aromatic heterocycles. The maximum absolute atomic E-state index is 12.3. The van der Waals surface area contributed by atoms with Gasteiger partial charge in [0.05, 0.1) is 11.5 Å². The highest BCUT2D eigenvalue weighted by atomic mass is 16.6. The summed E-state index contributed by atoms with van der Waals surface area (Å²) in [4.78, 5) is 22.9. The van der Waals surface area contributed by atoms with Gasteiger partial charge in [-0.25, -0.2) is 0 Å². The Morgan fingerprint density at radius 3 is 2.48 bits per heavy atom. The van der Waals surface area contributed by atoms with E-state index in [9.17, 15) is 14.9 Å². The molecule has 2 rings (SSSR count). The second-order valence-corrected chi connectivity index (χ2v) is 6.29. The molecule has 0 unspecified atom stereocenters. The predicted octanol–water partition coefficient (Wildman–Crippen LogP) is 4.58. The first-order chi connectivity index (χ1) is 11.9. The van der Waals surface area contributed by atoms with Crippen molar-refractivity contribution in [2.24, 2.45) is 5.92 Å². The lowest BCUT2D eigenvalue weighted by molar-refractivity contribution is -0.384. The number of rotatable bonds is 7. The largest absolute Gasteiger partial charge is 0.494 e. The van der Waals surface area contributed by atoms with Crippen molar-refractivity contribution < 1.29 is 14.5 Å². The van der Waals surface area contributed by atoms with Crippen molar-refractivity contribution in [3.05, 3.63) is 63.7 Å². The van der Waals surface area contributed by atoms with E-state index in [0.29, 0.717) is 23.8 Å². The molecule has 0 heterocycles. The Morgan fingerprint density at radius 1 is 1.20 bits per heavy atom. The molecule has 0 saturated carbocycles. The Hall–Kier alpha value is -2.89. The molecule has 132 valence electrons. The monoisotopic (exact) mass is 342 g/mol. The SMILES string of the molecule is Cc1ccc(NC(=O)c2ccc(OCCC(C)C)cc2)c([N+](=O)[O-])c1. The van der Waals surface area contributed by atoms with Crippen molar-refractivity contribution in [2.45, 2.75) is 27.2 Å². The van der Waals surface area contributed by atoms with Crippen LogP contribution in [0.2, 0.25) is 0 Å². The first-order valence-electron chi connectivity index (χ1n) is 8.16. The van der Waals surface area contributed by atoms with Crippen LogP contribution in [0, 0.1) is 23.0 Å². The molecule has 0 aliphatic heterocycles. The van der Waals surface area contributed by atoms with Crippen LogP contribution < -0.4 is 10.1 Å². The standard InChI is InChI=1S/C19H22N2O4/c1-13(2)10-11-25-16-7-5-15(6-8-16)19(22)20-17-9-4-14(3)12-18(17)21(23)24/h4-9,12-13H,10-11H2,1-3H3,(H,20,22). The maximum atomic E-state index is 12.3. The van der Waals surface area contributed by atoms with Crippen LogP contribution in [-0.4, -0.2) is 17.4 Å². The number of anilines is 1. The van der Waals surface area contributed by atoms with Crippen LogP contribution >= 0.6 is 0 Å². The van der Waals surface area contributed by atoms with Crippen LogP contribution in [0.25, 0.3) is 0 Å². The molecule has 2 aromatic rings. The lowest BCUT2D eigenvalue weighted by atomic mass is 10.1. The van der Waals surface area contributed by atoms with Gasteiger partial charge in [-0.2, -0.15) is 0 Å². The number of nitrogens with one attached hydrogen (secondary N) is 1. The van der Waals surface area contributed by atoms with Crippen LogP contribution in [0.4, 0.5) is 11.4 Å². The van der Waals surface area contributed by atoms with Gasteiger partial charge in [0, 0.05) is 11.6 Å². The molecule has 0 aliphatic rings. The van der Waals surface area contributed by atoms with Gasteiger partial charge >= 0.3 is 0 Å². The van der Waals surface area contributed by atoms with Crippen LogP contribution in [-0.2, 0) is 0 Å². The number of amides is 1. The summed E-state index contributed by atoms with van der Waals surface area (Å²) < 4.78 is 5.61. The predicted molar refractivity (Wildman–Crippen MR) is 97.2 cm³/mol. The van der Waals surface area contributed by atoms with Crippen LogP contribution in [0.3, 0.4) is 0 Å². The van der Waals surface area contributed by atoms with Crippen molar-refractivity contribution >= 4 is 17.3 Å². The minimum absolute atomic E-state index is 0.123. The zero-order valence-electron chi connectivity index (χ0n) is 14.6. The van der Waals surface area contributed by atoms with Crippen molar-refractivity contribution in [3.8, 4) is 5.75 Å². The van der Waals surface area contributed by atoms with Crippen molar-refractivity contribution in [1.29, 1.82) is 0 Å². The van der Waals surface area contributed by atoms with Crippen LogP contribution in [0.1, 0.15) is 36.2 Å². The third kappa shape index (κ3) is 5.31. The summed E-state index contributed by atoms with van der Waals surface area (Å²) in [7, 11) is 0. The molecule has 0 bridgehead atoms. The number of benzene rings is 2. The quantitative estimate of drug-likeness (QED) is 0.590. The number of hydrogen-bond donors (Lipinski definition) is 1. The Balaban J connectivity index is 2.05. The van der Waals surface area contributed by atoms with Crippen LogP contribution in [0.15, 0.2) is 42.5 Å². The highest BCUT2D eigenvalue weighted by Crippen LogP contribution is 2.26. The maximum Gasteiger partial charge on any atom is 0.293 e. The number of ether oxygens (including phenoxy) is 1. The fraction of sp³-hybridized carbons (Fsp3) is 0.316. The summed E-state index contributed by atoms with van der Waals surface area (Å²) in [5, 5.41) is 13.7. The van der Waals surface area contributed by atoms with Gasteiger partial charge < -0.3 is 10.1 Å². The van der Waals surface area contributed by atoms with Gasteiger partial charge in [0.2, 0.25) is 0 Å². The third-order valence-electron chi connectivity index (χ3n) is 3.68. The minimum Gasteiger partial charge on any atom is -0.494 e. The molecule has 2 aromatic carbocycles. The van der Waals surface area contributed by atoms with E-state index in [-0.39, 0.29) is 11.4 Å². The van der Waals surface area contributed by atoms with E-state index in [2.05, 4.69) is 19.2 Å². The number of nitrogens with zero attached hydrogens (tertiary/aromatic N) is 1. The Bertz CT molecular complexity index is 755. The molecule has 1 N–H and O–H groups in total. The fourth-order valence-electron chi connectivity index (χ4n) is 2.21. The zero-order valence-corrected chi connectivity index (χ0v) is 14.6. The fourth-order valence-corrected chi connectivity index (χ4v) is 2.21. The van der Waals surface area contributed by atoms with E-state index in [1.807, 2.05) is 0 Å². The summed E-state index contributed by atoms with van der Waals surface area (Å²) in [6.07, 6.45) is 0.958. The summed E-state index contributed by atoms with van der Waals surface area (Å²) in [5.74, 6) is 0.856. The molecule has 0 spiro atoms. The van der Waals surface area contributed by atoms with Crippen LogP contribution in [0.5, 0.6) is 5.75 Å². The minimum atomic E-state index is -0.506. The molecular weight excluding hydrogens is 320 g/mol. The second-order valence-electron chi connectivity index (χ2n) is 6.29. The molecule has 0 saturated heterocycles. The summed E-state index contributed by atoms with van der Waals surface area (Å²) in [6, 6.07) is 11.4. The molecule has 25 heavy (non-hydrogen) atoms. The van der Waals surface area contributed by atoms with E-state index in [0.717, 1.165) is 12.0 Å². The summed E-state index contributed by atoms with van der Waals surface area (Å²) >= 11 is 0. The number of nitro groups is 1. The van der Waals surface area contributed by atoms with Gasteiger partial charge in [-0.3, -0.25) is 14.9 Å². The molecule has 6 heteroatoms. The van der Waals surface area contributed by atoms with E-state index in [1.165, 1.54) is 12.1 Å². The summed E-state index contributed by atoms with van der Waals surface area (Å²) in [6.45, 7) is 6.64. The normalized spacial score (nSPS) is 10.6. The Kier molecular flexibility index (Phi) is 6.11. The average molecular weight is 342 g/mol. The number of nitro benzene ring substituents is 1. The van der Waals surface area contributed by atoms with Gasteiger partial charge in [0.1, 0.15) is 11.4 Å². The lowest BCUT2D eigenvalue weighted by Crippen LogP contribution is -2.13. The van der Waals surface area contributed by atoms with Crippen molar-refractivity contribution in [1.82, 2.24) is 0 Å². The molecule has 0 atom stereocenters. The third-order valence-corrected chi connectivity index (χ3v) is 3.68. The van der Waals surface area contributed by atoms with E-state index in [4.69, 9.17) is 4.74 Å². The van der Waals surface area contributed by atoms with Crippen molar-refractivity contribution in [3.63, 3.8) is 0 Å². The first-order valence-corrected chi connectivity index (χ1v) is 8.16. The molecule has 0 aliphatic carbocycles. The van der Waals surface area contributed by atoms with Crippen molar-refractivity contribution in [2.75, 3.05) is 11.9 Å². The van der Waals surface area contributed by atoms with Gasteiger partial charge in [0.15, 0.2) is 0 Å². The highest BCUT2D eigenvalue weighted by molar-refractivity contribution is 6.05. The lowest BCUT2D eigenvalue weighted by Gasteiger charge is -2.09. The molecule has 0 fully saturated rings. The zero-order chi connectivity index (χ0) is 18.4. The molecule has 6 nitrogen and oxygen atoms in total. The van der Waals surface area contributed by atoms with E-state index in [1.54, 1.807) is 37.3 Å². The number of carbonyl (C=O) groups is 1. The Labute approximate surface area is 147 Å². The second kappa shape index (κ2) is 8.28. The van der Waals surface area contributed by atoms with E-state index >= 15 is 0 Å². The van der Waals surface area contributed by atoms with Gasteiger partial charge in [0.25, 0.3) is 11.6 Å². The summed E-state index contributed by atoms with van der Waals surface area (Å²) in [5.41, 5.74) is 1.22. The van der Waals surface area contributed by atoms with Gasteiger partial charge in [-0.1, -0.05) is 19.9 Å². The van der Waals surface area contributed by atoms with Gasteiger partial charge in [-0.15, -0.1) is 0 Å². The first kappa shape index (κ1) is 18.4.